The zero-order valence-electron chi connectivity index (χ0n) is 8.50. The van der Waals surface area contributed by atoms with Gasteiger partial charge in [0.1, 0.15) is 0 Å². The molecular formula is C10H22N2S. The van der Waals surface area contributed by atoms with Crippen molar-refractivity contribution in [2.24, 2.45) is 5.73 Å². The molecule has 1 saturated heterocycles. The van der Waals surface area contributed by atoms with Crippen molar-refractivity contribution in [2.45, 2.75) is 25.7 Å². The first kappa shape index (κ1) is 11.3. The van der Waals surface area contributed by atoms with Gasteiger partial charge in [-0.15, -0.1) is 0 Å². The largest absolute Gasteiger partial charge is 0.330 e. The van der Waals surface area contributed by atoms with Gasteiger partial charge in [0.05, 0.1) is 0 Å². The number of unbranched alkanes of at least 4 members (excludes halogenated alkanes) is 3. The molecule has 0 aromatic carbocycles. The lowest BCUT2D eigenvalue weighted by Crippen LogP contribution is -2.33. The fourth-order valence-electron chi connectivity index (χ4n) is 1.66. The number of thioether (sulfide) groups is 1. The van der Waals surface area contributed by atoms with Crippen molar-refractivity contribution in [3.8, 4) is 0 Å². The highest BCUT2D eigenvalue weighted by Gasteiger charge is 2.08. The lowest BCUT2D eigenvalue weighted by atomic mass is 10.2. The van der Waals surface area contributed by atoms with E-state index in [4.69, 9.17) is 5.73 Å². The van der Waals surface area contributed by atoms with Crippen molar-refractivity contribution in [1.82, 2.24) is 4.90 Å². The summed E-state index contributed by atoms with van der Waals surface area (Å²) in [5.41, 5.74) is 5.44. The van der Waals surface area contributed by atoms with E-state index < -0.39 is 0 Å². The van der Waals surface area contributed by atoms with E-state index in [9.17, 15) is 0 Å². The van der Waals surface area contributed by atoms with Gasteiger partial charge in [-0.2, -0.15) is 11.8 Å². The molecular weight excluding hydrogens is 180 g/mol. The molecule has 0 atom stereocenters. The molecule has 0 aromatic heterocycles. The van der Waals surface area contributed by atoms with Crippen LogP contribution in [0.3, 0.4) is 0 Å². The quantitative estimate of drug-likeness (QED) is 0.663. The van der Waals surface area contributed by atoms with Gasteiger partial charge in [-0.1, -0.05) is 12.8 Å². The summed E-state index contributed by atoms with van der Waals surface area (Å²) in [7, 11) is 0. The van der Waals surface area contributed by atoms with Gasteiger partial charge in [0, 0.05) is 24.6 Å². The third kappa shape index (κ3) is 5.55. The zero-order valence-corrected chi connectivity index (χ0v) is 9.32. The first-order valence-electron chi connectivity index (χ1n) is 5.43. The first-order chi connectivity index (χ1) is 6.43. The van der Waals surface area contributed by atoms with E-state index in [0.29, 0.717) is 0 Å². The second-order valence-corrected chi connectivity index (χ2v) is 4.88. The Morgan fingerprint density at radius 1 is 1.00 bits per heavy atom. The molecule has 1 aliphatic heterocycles. The first-order valence-corrected chi connectivity index (χ1v) is 6.59. The van der Waals surface area contributed by atoms with Crippen molar-refractivity contribution in [3.05, 3.63) is 0 Å². The fraction of sp³-hybridized carbons (Fsp3) is 1.00. The summed E-state index contributed by atoms with van der Waals surface area (Å²) in [6.07, 6.45) is 5.25. The van der Waals surface area contributed by atoms with E-state index >= 15 is 0 Å². The predicted molar refractivity (Wildman–Crippen MR) is 61.3 cm³/mol. The maximum Gasteiger partial charge on any atom is 0.00727 e. The van der Waals surface area contributed by atoms with Crippen LogP contribution in [0, 0.1) is 0 Å². The number of hydrogen-bond donors (Lipinski definition) is 1. The van der Waals surface area contributed by atoms with Gasteiger partial charge in [-0.3, -0.25) is 0 Å². The lowest BCUT2D eigenvalue weighted by molar-refractivity contribution is 0.294. The third-order valence-corrected chi connectivity index (χ3v) is 3.47. The Labute approximate surface area is 86.2 Å². The van der Waals surface area contributed by atoms with E-state index in [1.807, 2.05) is 0 Å². The Bertz CT molecular complexity index is 113. The third-order valence-electron chi connectivity index (χ3n) is 2.53. The Morgan fingerprint density at radius 2 is 1.69 bits per heavy atom. The molecule has 0 spiro atoms. The summed E-state index contributed by atoms with van der Waals surface area (Å²) in [6.45, 7) is 4.79. The maximum absolute atomic E-state index is 5.44. The normalized spacial score (nSPS) is 19.2. The van der Waals surface area contributed by atoms with Crippen molar-refractivity contribution >= 4 is 11.8 Å². The minimum Gasteiger partial charge on any atom is -0.330 e. The van der Waals surface area contributed by atoms with Crippen molar-refractivity contribution in [3.63, 3.8) is 0 Å². The van der Waals surface area contributed by atoms with E-state index in [1.165, 1.54) is 56.8 Å². The molecule has 0 saturated carbocycles. The lowest BCUT2D eigenvalue weighted by Gasteiger charge is -2.25. The summed E-state index contributed by atoms with van der Waals surface area (Å²) >= 11 is 2.09. The van der Waals surface area contributed by atoms with E-state index in [-0.39, 0.29) is 0 Å². The summed E-state index contributed by atoms with van der Waals surface area (Å²) in [6, 6.07) is 0. The molecule has 0 unspecified atom stereocenters. The second kappa shape index (κ2) is 7.65. The number of rotatable bonds is 6. The molecule has 0 aromatic rings. The molecule has 1 rings (SSSR count). The van der Waals surface area contributed by atoms with Crippen LogP contribution in [-0.2, 0) is 0 Å². The molecule has 2 N–H and O–H groups in total. The molecule has 0 aliphatic carbocycles. The summed E-state index contributed by atoms with van der Waals surface area (Å²) < 4.78 is 0. The summed E-state index contributed by atoms with van der Waals surface area (Å²) in [5.74, 6) is 2.67. The zero-order chi connectivity index (χ0) is 9.36. The average Bonchev–Trinajstić information content (AvgIpc) is 2.19. The van der Waals surface area contributed by atoms with Crippen LogP contribution in [0.15, 0.2) is 0 Å². The van der Waals surface area contributed by atoms with Crippen LogP contribution in [0.2, 0.25) is 0 Å². The van der Waals surface area contributed by atoms with Gasteiger partial charge < -0.3 is 10.6 Å². The summed E-state index contributed by atoms with van der Waals surface area (Å²) in [5, 5.41) is 0. The van der Waals surface area contributed by atoms with Gasteiger partial charge in [0.25, 0.3) is 0 Å². The Morgan fingerprint density at radius 3 is 2.38 bits per heavy atom. The molecule has 1 fully saturated rings. The minimum absolute atomic E-state index is 0.861. The van der Waals surface area contributed by atoms with Crippen LogP contribution in [0.4, 0.5) is 0 Å². The average molecular weight is 202 g/mol. The molecule has 0 amide bonds. The minimum atomic E-state index is 0.861. The number of hydrogen-bond acceptors (Lipinski definition) is 3. The topological polar surface area (TPSA) is 29.3 Å². The van der Waals surface area contributed by atoms with E-state index in [2.05, 4.69) is 16.7 Å². The van der Waals surface area contributed by atoms with Gasteiger partial charge in [-0.25, -0.2) is 0 Å². The molecule has 0 bridgehead atoms. The van der Waals surface area contributed by atoms with E-state index in [1.54, 1.807) is 0 Å². The molecule has 0 radical (unpaired) electrons. The molecule has 13 heavy (non-hydrogen) atoms. The molecule has 1 heterocycles. The van der Waals surface area contributed by atoms with Crippen LogP contribution in [0.1, 0.15) is 25.7 Å². The Hall–Kier alpha value is 0.270. The second-order valence-electron chi connectivity index (χ2n) is 3.66. The Kier molecular flexibility index (Phi) is 6.68. The standard InChI is InChI=1S/C10H22N2S/c11-5-3-1-2-4-6-12-7-9-13-10-8-12/h1-11H2. The monoisotopic (exact) mass is 202 g/mol. The van der Waals surface area contributed by atoms with Gasteiger partial charge >= 0.3 is 0 Å². The smallest absolute Gasteiger partial charge is 0.00727 e. The molecule has 78 valence electrons. The fourth-order valence-corrected chi connectivity index (χ4v) is 2.64. The van der Waals surface area contributed by atoms with Gasteiger partial charge in [0.15, 0.2) is 0 Å². The van der Waals surface area contributed by atoms with Crippen LogP contribution in [0.25, 0.3) is 0 Å². The molecule has 2 nitrogen and oxygen atoms in total. The predicted octanol–water partition coefficient (Wildman–Crippen LogP) is 1.55. The SMILES string of the molecule is NCCCCCCN1CCSCC1. The summed E-state index contributed by atoms with van der Waals surface area (Å²) in [4.78, 5) is 2.60. The van der Waals surface area contributed by atoms with E-state index in [0.717, 1.165) is 6.54 Å². The highest BCUT2D eigenvalue weighted by atomic mass is 32.2. The van der Waals surface area contributed by atoms with Gasteiger partial charge in [-0.05, 0) is 25.9 Å². The van der Waals surface area contributed by atoms with Crippen molar-refractivity contribution in [2.75, 3.05) is 37.7 Å². The van der Waals surface area contributed by atoms with Crippen LogP contribution < -0.4 is 5.73 Å². The van der Waals surface area contributed by atoms with Crippen LogP contribution >= 0.6 is 11.8 Å². The van der Waals surface area contributed by atoms with Crippen LogP contribution in [-0.4, -0.2) is 42.6 Å². The molecule has 3 heteroatoms. The number of nitrogens with zero attached hydrogens (tertiary/aromatic N) is 1. The van der Waals surface area contributed by atoms with Crippen molar-refractivity contribution in [1.29, 1.82) is 0 Å². The Balaban J connectivity index is 1.86. The highest BCUT2D eigenvalue weighted by molar-refractivity contribution is 7.99. The highest BCUT2D eigenvalue weighted by Crippen LogP contribution is 2.10. The van der Waals surface area contributed by atoms with Crippen molar-refractivity contribution < 1.29 is 0 Å². The number of nitrogens with two attached hydrogens (primary N) is 1. The maximum atomic E-state index is 5.44. The molecule has 1 aliphatic rings. The van der Waals surface area contributed by atoms with Gasteiger partial charge in [0.2, 0.25) is 0 Å². The van der Waals surface area contributed by atoms with Crippen LogP contribution in [0.5, 0.6) is 0 Å².